The van der Waals surface area contributed by atoms with Crippen molar-refractivity contribution in [2.45, 2.75) is 32.2 Å². The topological polar surface area (TPSA) is 78.0 Å². The molecule has 0 saturated carbocycles. The molecule has 27 heavy (non-hydrogen) atoms. The molecule has 0 spiro atoms. The Kier molecular flexibility index (Phi) is 11.6. The third-order valence-corrected chi connectivity index (χ3v) is 4.33. The van der Waals surface area contributed by atoms with E-state index in [1.54, 1.807) is 11.9 Å². The summed E-state index contributed by atoms with van der Waals surface area (Å²) in [5.74, 6) is 0.819. The van der Waals surface area contributed by atoms with Crippen molar-refractivity contribution in [3.05, 3.63) is 30.3 Å². The number of rotatable bonds is 7. The zero-order valence-electron chi connectivity index (χ0n) is 16.2. The van der Waals surface area contributed by atoms with E-state index in [4.69, 9.17) is 4.74 Å². The number of likely N-dealkylation sites (tertiary alicyclic amines) is 1. The number of hydrogen-bond acceptors (Lipinski definition) is 4. The Morgan fingerprint density at radius 3 is 2.56 bits per heavy atom. The molecule has 1 aromatic rings. The fourth-order valence-electron chi connectivity index (χ4n) is 2.89. The molecule has 152 valence electrons. The van der Waals surface area contributed by atoms with Crippen LogP contribution in [0.2, 0.25) is 0 Å². The lowest BCUT2D eigenvalue weighted by atomic mass is 10.1. The number of carbonyl (C=O) groups is 1. The highest BCUT2D eigenvalue weighted by Gasteiger charge is 2.23. The number of aliphatic imine (C=N–C) groups is 1. The number of halogens is 1. The Balaban J connectivity index is 0.00000364. The van der Waals surface area contributed by atoms with Crippen LogP contribution in [0.25, 0.3) is 0 Å². The summed E-state index contributed by atoms with van der Waals surface area (Å²) < 4.78 is 5.05. The summed E-state index contributed by atoms with van der Waals surface area (Å²) in [5.41, 5.74) is 1.14. The van der Waals surface area contributed by atoms with Gasteiger partial charge in [-0.25, -0.2) is 4.79 Å². The van der Waals surface area contributed by atoms with Crippen LogP contribution >= 0.6 is 24.0 Å². The monoisotopic (exact) mass is 489 g/mol. The largest absolute Gasteiger partial charge is 0.450 e. The lowest BCUT2D eigenvalue weighted by molar-refractivity contribution is 0.0963. The van der Waals surface area contributed by atoms with Crippen LogP contribution in [-0.4, -0.2) is 62.8 Å². The molecule has 1 heterocycles. The van der Waals surface area contributed by atoms with Gasteiger partial charge in [0.05, 0.1) is 6.61 Å². The molecule has 0 radical (unpaired) electrons. The number of piperidine rings is 1. The van der Waals surface area contributed by atoms with Crippen molar-refractivity contribution in [2.24, 2.45) is 4.99 Å². The number of ether oxygens (including phenoxy) is 1. The molecule has 8 heteroatoms. The molecule has 0 atom stereocenters. The van der Waals surface area contributed by atoms with Gasteiger partial charge < -0.3 is 25.6 Å². The SMILES string of the molecule is CCOC(=O)N1CCC(NC(=NC)NCCCNc2ccccc2)CC1.I. The van der Waals surface area contributed by atoms with Crippen molar-refractivity contribution < 1.29 is 9.53 Å². The summed E-state index contributed by atoms with van der Waals surface area (Å²) >= 11 is 0. The van der Waals surface area contributed by atoms with Gasteiger partial charge in [0.1, 0.15) is 0 Å². The number of carbonyl (C=O) groups excluding carboxylic acids is 1. The van der Waals surface area contributed by atoms with Gasteiger partial charge in [0.2, 0.25) is 0 Å². The van der Waals surface area contributed by atoms with Crippen LogP contribution < -0.4 is 16.0 Å². The summed E-state index contributed by atoms with van der Waals surface area (Å²) in [7, 11) is 1.78. The smallest absolute Gasteiger partial charge is 0.409 e. The van der Waals surface area contributed by atoms with Gasteiger partial charge in [-0.15, -0.1) is 24.0 Å². The fourth-order valence-corrected chi connectivity index (χ4v) is 2.89. The number of nitrogens with one attached hydrogen (secondary N) is 3. The molecule has 7 nitrogen and oxygen atoms in total. The number of benzene rings is 1. The van der Waals surface area contributed by atoms with E-state index >= 15 is 0 Å². The quantitative estimate of drug-likeness (QED) is 0.238. The van der Waals surface area contributed by atoms with Crippen molar-refractivity contribution >= 4 is 41.7 Å². The number of para-hydroxylation sites is 1. The van der Waals surface area contributed by atoms with Crippen LogP contribution in [0, 0.1) is 0 Å². The standard InChI is InChI=1S/C19H31N5O2.HI/c1-3-26-19(25)24-14-10-17(11-15-24)23-18(20-2)22-13-7-12-21-16-8-5-4-6-9-16;/h4-6,8-9,17,21H,3,7,10-15H2,1-2H3,(H2,20,22,23);1H. The van der Waals surface area contributed by atoms with Gasteiger partial charge in [-0.1, -0.05) is 18.2 Å². The van der Waals surface area contributed by atoms with Gasteiger partial charge >= 0.3 is 6.09 Å². The predicted molar refractivity (Wildman–Crippen MR) is 121 cm³/mol. The predicted octanol–water partition coefficient (Wildman–Crippen LogP) is 2.89. The number of amides is 1. The number of anilines is 1. The highest BCUT2D eigenvalue weighted by Crippen LogP contribution is 2.11. The summed E-state index contributed by atoms with van der Waals surface area (Å²) in [5, 5.41) is 10.2. The molecule has 1 aromatic carbocycles. The average molecular weight is 489 g/mol. The molecule has 0 aromatic heterocycles. The van der Waals surface area contributed by atoms with Crippen molar-refractivity contribution in [3.8, 4) is 0 Å². The van der Waals surface area contributed by atoms with E-state index in [1.165, 1.54) is 0 Å². The number of nitrogens with zero attached hydrogens (tertiary/aromatic N) is 2. The summed E-state index contributed by atoms with van der Waals surface area (Å²) in [6, 6.07) is 10.5. The minimum atomic E-state index is -0.209. The second kappa shape index (κ2) is 13.5. The molecule has 1 fully saturated rings. The van der Waals surface area contributed by atoms with E-state index in [9.17, 15) is 4.79 Å². The molecule has 1 saturated heterocycles. The fraction of sp³-hybridized carbons (Fsp3) is 0.579. The molecule has 0 bridgehead atoms. The highest BCUT2D eigenvalue weighted by molar-refractivity contribution is 14.0. The van der Waals surface area contributed by atoms with Crippen LogP contribution in [0.1, 0.15) is 26.2 Å². The van der Waals surface area contributed by atoms with E-state index in [2.05, 4.69) is 33.1 Å². The minimum absolute atomic E-state index is 0. The van der Waals surface area contributed by atoms with Crippen LogP contribution in [0.3, 0.4) is 0 Å². The Morgan fingerprint density at radius 1 is 1.22 bits per heavy atom. The maximum atomic E-state index is 11.7. The molecule has 0 unspecified atom stereocenters. The Morgan fingerprint density at radius 2 is 1.93 bits per heavy atom. The van der Waals surface area contributed by atoms with E-state index in [-0.39, 0.29) is 30.1 Å². The second-order valence-corrected chi connectivity index (χ2v) is 6.25. The first-order valence-electron chi connectivity index (χ1n) is 9.40. The molecular formula is C19H32IN5O2. The normalized spacial score (nSPS) is 14.9. The maximum absolute atomic E-state index is 11.7. The average Bonchev–Trinajstić information content (AvgIpc) is 2.68. The molecule has 1 amide bonds. The van der Waals surface area contributed by atoms with Gasteiger partial charge in [-0.2, -0.15) is 0 Å². The van der Waals surface area contributed by atoms with E-state index < -0.39 is 0 Å². The van der Waals surface area contributed by atoms with Crippen LogP contribution in [0.15, 0.2) is 35.3 Å². The summed E-state index contributed by atoms with van der Waals surface area (Å²) in [4.78, 5) is 17.8. The van der Waals surface area contributed by atoms with Crippen molar-refractivity contribution in [3.63, 3.8) is 0 Å². The van der Waals surface area contributed by atoms with E-state index in [0.717, 1.165) is 44.0 Å². The maximum Gasteiger partial charge on any atom is 0.409 e. The Bertz CT molecular complexity index is 562. The highest BCUT2D eigenvalue weighted by atomic mass is 127. The first kappa shape index (κ1) is 23.3. The zero-order chi connectivity index (χ0) is 18.6. The number of hydrogen-bond donors (Lipinski definition) is 3. The second-order valence-electron chi connectivity index (χ2n) is 6.25. The van der Waals surface area contributed by atoms with Gasteiger partial charge in [-0.05, 0) is 38.3 Å². The third kappa shape index (κ3) is 8.68. The van der Waals surface area contributed by atoms with Gasteiger partial charge in [0, 0.05) is 45.0 Å². The van der Waals surface area contributed by atoms with Crippen molar-refractivity contribution in [1.29, 1.82) is 0 Å². The molecule has 2 rings (SSSR count). The molecule has 1 aliphatic rings. The molecule has 3 N–H and O–H groups in total. The summed E-state index contributed by atoms with van der Waals surface area (Å²) in [6.07, 6.45) is 2.58. The van der Waals surface area contributed by atoms with Crippen molar-refractivity contribution in [2.75, 3.05) is 45.2 Å². The lowest BCUT2D eigenvalue weighted by Gasteiger charge is -2.32. The van der Waals surface area contributed by atoms with Gasteiger partial charge in [-0.3, -0.25) is 4.99 Å². The zero-order valence-corrected chi connectivity index (χ0v) is 18.6. The molecule has 0 aliphatic carbocycles. The molecule has 1 aliphatic heterocycles. The Hall–Kier alpha value is -1.71. The van der Waals surface area contributed by atoms with Gasteiger partial charge in [0.25, 0.3) is 0 Å². The third-order valence-electron chi connectivity index (χ3n) is 4.33. The minimum Gasteiger partial charge on any atom is -0.450 e. The van der Waals surface area contributed by atoms with Crippen molar-refractivity contribution in [1.82, 2.24) is 15.5 Å². The number of guanidine groups is 1. The van der Waals surface area contributed by atoms with E-state index in [0.29, 0.717) is 25.7 Å². The lowest BCUT2D eigenvalue weighted by Crippen LogP contribution is -2.50. The first-order chi connectivity index (χ1) is 12.7. The van der Waals surface area contributed by atoms with E-state index in [1.807, 2.05) is 25.1 Å². The van der Waals surface area contributed by atoms with Crippen LogP contribution in [0.5, 0.6) is 0 Å². The van der Waals surface area contributed by atoms with Gasteiger partial charge in [0.15, 0.2) is 5.96 Å². The summed E-state index contributed by atoms with van der Waals surface area (Å²) in [6.45, 7) is 5.44. The molecular weight excluding hydrogens is 457 g/mol. The Labute approximate surface area is 179 Å². The first-order valence-corrected chi connectivity index (χ1v) is 9.40. The van der Waals surface area contributed by atoms with Crippen LogP contribution in [-0.2, 0) is 4.74 Å². The van der Waals surface area contributed by atoms with Crippen LogP contribution in [0.4, 0.5) is 10.5 Å².